The zero-order valence-electron chi connectivity index (χ0n) is 9.86. The summed E-state index contributed by atoms with van der Waals surface area (Å²) >= 11 is 0. The molecule has 0 radical (unpaired) electrons. The number of benzene rings is 1. The highest BCUT2D eigenvalue weighted by Crippen LogP contribution is 2.07. The van der Waals surface area contributed by atoms with Crippen molar-refractivity contribution in [3.8, 4) is 0 Å². The van der Waals surface area contributed by atoms with Crippen LogP contribution < -0.4 is 5.32 Å². The van der Waals surface area contributed by atoms with Crippen molar-refractivity contribution in [3.05, 3.63) is 35.4 Å². The SMILES string of the molecule is Cc1ccccc1C(=O)NCC(C)CCO. The molecule has 1 unspecified atom stereocenters. The van der Waals surface area contributed by atoms with Crippen molar-refractivity contribution in [2.75, 3.05) is 13.2 Å². The van der Waals surface area contributed by atoms with E-state index in [1.165, 1.54) is 0 Å². The number of hydrogen-bond donors (Lipinski definition) is 2. The van der Waals surface area contributed by atoms with E-state index in [0.29, 0.717) is 18.9 Å². The molecule has 0 aliphatic carbocycles. The molecule has 3 heteroatoms. The quantitative estimate of drug-likeness (QED) is 0.795. The smallest absolute Gasteiger partial charge is 0.251 e. The first kappa shape index (κ1) is 12.7. The summed E-state index contributed by atoms with van der Waals surface area (Å²) in [5.74, 6) is 0.265. The first-order valence-corrected chi connectivity index (χ1v) is 5.60. The summed E-state index contributed by atoms with van der Waals surface area (Å²) in [5, 5.41) is 11.6. The predicted molar refractivity (Wildman–Crippen MR) is 64.4 cm³/mol. The minimum atomic E-state index is -0.0390. The molecule has 1 aromatic rings. The van der Waals surface area contributed by atoms with Crippen molar-refractivity contribution >= 4 is 5.91 Å². The van der Waals surface area contributed by atoms with Crippen molar-refractivity contribution in [2.24, 2.45) is 5.92 Å². The topological polar surface area (TPSA) is 49.3 Å². The first-order chi connectivity index (χ1) is 7.65. The van der Waals surface area contributed by atoms with Gasteiger partial charge in [0.05, 0.1) is 0 Å². The van der Waals surface area contributed by atoms with Gasteiger partial charge >= 0.3 is 0 Å². The fourth-order valence-electron chi connectivity index (χ4n) is 1.51. The van der Waals surface area contributed by atoms with E-state index < -0.39 is 0 Å². The second-order valence-corrected chi connectivity index (χ2v) is 4.14. The zero-order chi connectivity index (χ0) is 12.0. The van der Waals surface area contributed by atoms with E-state index in [0.717, 1.165) is 11.1 Å². The van der Waals surface area contributed by atoms with Crippen molar-refractivity contribution in [3.63, 3.8) is 0 Å². The monoisotopic (exact) mass is 221 g/mol. The molecule has 1 aromatic carbocycles. The Kier molecular flexibility index (Phi) is 4.99. The van der Waals surface area contributed by atoms with E-state index in [9.17, 15) is 4.79 Å². The maximum Gasteiger partial charge on any atom is 0.251 e. The van der Waals surface area contributed by atoms with Gasteiger partial charge in [0.25, 0.3) is 5.91 Å². The average molecular weight is 221 g/mol. The summed E-state index contributed by atoms with van der Waals surface area (Å²) < 4.78 is 0. The summed E-state index contributed by atoms with van der Waals surface area (Å²) in [4.78, 5) is 11.8. The molecule has 0 aliphatic heterocycles. The summed E-state index contributed by atoms with van der Waals surface area (Å²) in [7, 11) is 0. The van der Waals surface area contributed by atoms with Crippen molar-refractivity contribution in [1.29, 1.82) is 0 Å². The normalized spacial score (nSPS) is 12.2. The maximum atomic E-state index is 11.8. The molecule has 0 aliphatic rings. The number of aliphatic hydroxyl groups is 1. The summed E-state index contributed by atoms with van der Waals surface area (Å²) in [5.41, 5.74) is 1.70. The number of carbonyl (C=O) groups is 1. The number of hydrogen-bond acceptors (Lipinski definition) is 2. The largest absolute Gasteiger partial charge is 0.396 e. The Hall–Kier alpha value is -1.35. The maximum absolute atomic E-state index is 11.8. The van der Waals surface area contributed by atoms with Gasteiger partial charge in [0.2, 0.25) is 0 Å². The van der Waals surface area contributed by atoms with Gasteiger partial charge in [0.1, 0.15) is 0 Å². The molecule has 0 saturated carbocycles. The number of amides is 1. The standard InChI is InChI=1S/C13H19NO2/c1-10(7-8-15)9-14-13(16)12-6-4-3-5-11(12)2/h3-6,10,15H,7-9H2,1-2H3,(H,14,16). The van der Waals surface area contributed by atoms with E-state index >= 15 is 0 Å². The molecule has 0 spiro atoms. The van der Waals surface area contributed by atoms with Gasteiger partial charge < -0.3 is 10.4 Å². The predicted octanol–water partition coefficient (Wildman–Crippen LogP) is 1.74. The number of nitrogens with one attached hydrogen (secondary N) is 1. The van der Waals surface area contributed by atoms with Crippen LogP contribution in [0.3, 0.4) is 0 Å². The van der Waals surface area contributed by atoms with E-state index in [1.54, 1.807) is 0 Å². The summed E-state index contributed by atoms with van der Waals surface area (Å²) in [6.45, 7) is 4.70. The molecule has 3 nitrogen and oxygen atoms in total. The molecule has 88 valence electrons. The highest BCUT2D eigenvalue weighted by Gasteiger charge is 2.09. The van der Waals surface area contributed by atoms with Crippen LogP contribution in [0.5, 0.6) is 0 Å². The third kappa shape index (κ3) is 3.66. The molecule has 1 rings (SSSR count). The van der Waals surface area contributed by atoms with E-state index in [-0.39, 0.29) is 12.5 Å². The third-order valence-corrected chi connectivity index (χ3v) is 2.62. The lowest BCUT2D eigenvalue weighted by Gasteiger charge is -2.12. The van der Waals surface area contributed by atoms with Gasteiger partial charge in [-0.2, -0.15) is 0 Å². The number of rotatable bonds is 5. The Morgan fingerprint density at radius 2 is 2.12 bits per heavy atom. The lowest BCUT2D eigenvalue weighted by Crippen LogP contribution is -2.29. The minimum Gasteiger partial charge on any atom is -0.396 e. The Morgan fingerprint density at radius 1 is 1.44 bits per heavy atom. The zero-order valence-corrected chi connectivity index (χ0v) is 9.86. The van der Waals surface area contributed by atoms with Crippen molar-refractivity contribution < 1.29 is 9.90 Å². The summed E-state index contributed by atoms with van der Waals surface area (Å²) in [6, 6.07) is 7.52. The number of aliphatic hydroxyl groups excluding tert-OH is 1. The van der Waals surface area contributed by atoms with Gasteiger partial charge in [0.15, 0.2) is 0 Å². The van der Waals surface area contributed by atoms with Gasteiger partial charge in [-0.25, -0.2) is 0 Å². The molecular weight excluding hydrogens is 202 g/mol. The minimum absolute atomic E-state index is 0.0390. The van der Waals surface area contributed by atoms with E-state index in [4.69, 9.17) is 5.11 Å². The number of aryl methyl sites for hydroxylation is 1. The third-order valence-electron chi connectivity index (χ3n) is 2.62. The number of carbonyl (C=O) groups excluding carboxylic acids is 1. The van der Waals surface area contributed by atoms with Crippen LogP contribution in [0.25, 0.3) is 0 Å². The molecule has 1 atom stereocenters. The van der Waals surface area contributed by atoms with Crippen LogP contribution in [0.1, 0.15) is 29.3 Å². The van der Waals surface area contributed by atoms with Crippen LogP contribution in [0.2, 0.25) is 0 Å². The lowest BCUT2D eigenvalue weighted by atomic mass is 10.1. The Bertz CT molecular complexity index is 350. The Labute approximate surface area is 96.5 Å². The van der Waals surface area contributed by atoms with Gasteiger partial charge in [0, 0.05) is 18.7 Å². The molecule has 2 N–H and O–H groups in total. The molecule has 0 bridgehead atoms. The molecule has 0 aromatic heterocycles. The fourth-order valence-corrected chi connectivity index (χ4v) is 1.51. The van der Waals surface area contributed by atoms with Crippen LogP contribution in [0, 0.1) is 12.8 Å². The molecule has 0 fully saturated rings. The van der Waals surface area contributed by atoms with Gasteiger partial charge in [-0.1, -0.05) is 25.1 Å². The van der Waals surface area contributed by atoms with Crippen LogP contribution in [-0.4, -0.2) is 24.2 Å². The van der Waals surface area contributed by atoms with Gasteiger partial charge in [-0.3, -0.25) is 4.79 Å². The molecular formula is C13H19NO2. The van der Waals surface area contributed by atoms with Crippen LogP contribution in [0.4, 0.5) is 0 Å². The van der Waals surface area contributed by atoms with Crippen molar-refractivity contribution in [1.82, 2.24) is 5.32 Å². The van der Waals surface area contributed by atoms with Gasteiger partial charge in [-0.05, 0) is 30.9 Å². The lowest BCUT2D eigenvalue weighted by molar-refractivity contribution is 0.0945. The molecule has 16 heavy (non-hydrogen) atoms. The Balaban J connectivity index is 2.50. The van der Waals surface area contributed by atoms with Gasteiger partial charge in [-0.15, -0.1) is 0 Å². The van der Waals surface area contributed by atoms with E-state index in [2.05, 4.69) is 5.32 Å². The molecule has 0 saturated heterocycles. The summed E-state index contributed by atoms with van der Waals surface area (Å²) in [6.07, 6.45) is 0.716. The van der Waals surface area contributed by atoms with Crippen LogP contribution in [0.15, 0.2) is 24.3 Å². The first-order valence-electron chi connectivity index (χ1n) is 5.60. The molecule has 0 heterocycles. The fraction of sp³-hybridized carbons (Fsp3) is 0.462. The van der Waals surface area contributed by atoms with E-state index in [1.807, 2.05) is 38.1 Å². The second kappa shape index (κ2) is 6.28. The highest BCUT2D eigenvalue weighted by molar-refractivity contribution is 5.95. The molecule has 1 amide bonds. The van der Waals surface area contributed by atoms with Crippen LogP contribution in [-0.2, 0) is 0 Å². The van der Waals surface area contributed by atoms with Crippen molar-refractivity contribution in [2.45, 2.75) is 20.3 Å². The highest BCUT2D eigenvalue weighted by atomic mass is 16.3. The second-order valence-electron chi connectivity index (χ2n) is 4.14. The Morgan fingerprint density at radius 3 is 2.75 bits per heavy atom. The average Bonchev–Trinajstić information content (AvgIpc) is 2.27. The van der Waals surface area contributed by atoms with Crippen LogP contribution >= 0.6 is 0 Å².